The number of ketones is 1. The third-order valence-electron chi connectivity index (χ3n) is 3.19. The summed E-state index contributed by atoms with van der Waals surface area (Å²) in [6, 6.07) is 2.38. The van der Waals surface area contributed by atoms with Gasteiger partial charge < -0.3 is 9.64 Å². The number of carbonyl (C=O) groups is 2. The number of halogens is 5. The van der Waals surface area contributed by atoms with Gasteiger partial charge in [-0.3, -0.25) is 9.59 Å². The monoisotopic (exact) mass is 429 g/mol. The van der Waals surface area contributed by atoms with Crippen LogP contribution in [-0.4, -0.2) is 36.9 Å². The molecule has 0 unspecified atom stereocenters. The molecule has 0 aliphatic heterocycles. The summed E-state index contributed by atoms with van der Waals surface area (Å²) in [4.78, 5) is 23.9. The molecule has 0 bridgehead atoms. The molecule has 1 rings (SSSR count). The van der Waals surface area contributed by atoms with Crippen LogP contribution in [0.3, 0.4) is 0 Å². The Balaban J connectivity index is 3.36. The minimum absolute atomic E-state index is 0.0577. The topological polar surface area (TPSA) is 46.6 Å². The van der Waals surface area contributed by atoms with Crippen LogP contribution < -0.4 is 9.64 Å². The van der Waals surface area contributed by atoms with Crippen molar-refractivity contribution in [1.82, 2.24) is 0 Å². The lowest BCUT2D eigenvalue weighted by molar-refractivity contribution is -0.170. The summed E-state index contributed by atoms with van der Waals surface area (Å²) in [6.45, 7) is 1.12. The van der Waals surface area contributed by atoms with E-state index in [9.17, 15) is 22.8 Å². The molecule has 24 heavy (non-hydrogen) atoms. The zero-order valence-electron chi connectivity index (χ0n) is 13.0. The van der Waals surface area contributed by atoms with Gasteiger partial charge in [0, 0.05) is 17.9 Å². The number of rotatable bonds is 7. The first-order chi connectivity index (χ1) is 11.1. The van der Waals surface area contributed by atoms with E-state index in [1.807, 2.05) is 0 Å². The van der Waals surface area contributed by atoms with Gasteiger partial charge in [0.1, 0.15) is 5.75 Å². The molecule has 9 heteroatoms. The third kappa shape index (κ3) is 5.11. The molecular formula is C15H16BrClF3NO3. The highest BCUT2D eigenvalue weighted by Gasteiger charge is 2.43. The van der Waals surface area contributed by atoms with Crippen molar-refractivity contribution < 1.29 is 27.5 Å². The van der Waals surface area contributed by atoms with E-state index in [4.69, 9.17) is 16.3 Å². The van der Waals surface area contributed by atoms with E-state index in [1.54, 1.807) is 0 Å². The maximum atomic E-state index is 12.9. The molecule has 134 valence electrons. The number of benzene rings is 1. The summed E-state index contributed by atoms with van der Waals surface area (Å²) in [5.41, 5.74) is -0.0125. The van der Waals surface area contributed by atoms with E-state index in [0.717, 1.165) is 0 Å². The van der Waals surface area contributed by atoms with E-state index in [2.05, 4.69) is 15.9 Å². The van der Waals surface area contributed by atoms with E-state index in [-0.39, 0.29) is 34.4 Å². The van der Waals surface area contributed by atoms with Crippen LogP contribution in [0.25, 0.3) is 0 Å². The highest BCUT2D eigenvalue weighted by Crippen LogP contribution is 2.36. The molecule has 1 amide bonds. The van der Waals surface area contributed by atoms with Crippen molar-refractivity contribution in [2.24, 2.45) is 0 Å². The minimum atomic E-state index is -5.04. The predicted molar refractivity (Wildman–Crippen MR) is 89.4 cm³/mol. The first-order valence-corrected chi connectivity index (χ1v) is 8.46. The molecule has 1 aromatic rings. The van der Waals surface area contributed by atoms with Crippen molar-refractivity contribution in [2.45, 2.75) is 25.9 Å². The van der Waals surface area contributed by atoms with E-state index < -0.39 is 12.1 Å². The fraction of sp³-hybridized carbons (Fsp3) is 0.467. The number of Topliss-reactive ketones (excluding diaryl/α,β-unsaturated/α-hetero) is 1. The van der Waals surface area contributed by atoms with Gasteiger partial charge in [0.05, 0.1) is 23.4 Å². The smallest absolute Gasteiger partial charge is 0.471 e. The van der Waals surface area contributed by atoms with Crippen molar-refractivity contribution in [3.8, 4) is 5.75 Å². The second-order valence-corrected chi connectivity index (χ2v) is 6.11. The number of nitrogens with zero attached hydrogens (tertiary/aromatic N) is 1. The number of ether oxygens (including phenoxy) is 1. The lowest BCUT2D eigenvalue weighted by atomic mass is 10.1. The maximum Gasteiger partial charge on any atom is 0.471 e. The van der Waals surface area contributed by atoms with Crippen LogP contribution in [0.15, 0.2) is 12.1 Å². The molecule has 0 radical (unpaired) electrons. The zero-order chi connectivity index (χ0) is 18.5. The average Bonchev–Trinajstić information content (AvgIpc) is 2.50. The van der Waals surface area contributed by atoms with Crippen LogP contribution in [0.5, 0.6) is 5.75 Å². The Bertz CT molecular complexity index is 623. The number of alkyl halides is 4. The van der Waals surface area contributed by atoms with Crippen molar-refractivity contribution in [1.29, 1.82) is 0 Å². The fourth-order valence-corrected chi connectivity index (χ4v) is 2.70. The molecule has 0 atom stereocenters. The summed E-state index contributed by atoms with van der Waals surface area (Å²) in [7, 11) is 1.28. The predicted octanol–water partition coefficient (Wildman–Crippen LogP) is 4.62. The van der Waals surface area contributed by atoms with E-state index in [1.165, 1.54) is 26.2 Å². The third-order valence-corrected chi connectivity index (χ3v) is 4.06. The van der Waals surface area contributed by atoms with Gasteiger partial charge in [-0.15, -0.1) is 0 Å². The van der Waals surface area contributed by atoms with Gasteiger partial charge in [-0.1, -0.05) is 27.5 Å². The highest BCUT2D eigenvalue weighted by atomic mass is 79.9. The first-order valence-electron chi connectivity index (χ1n) is 6.96. The quantitative estimate of drug-likeness (QED) is 0.360. The standard InChI is InChI=1S/C15H16BrClF3NO3/c1-9(22)10-7-11(17)12(8-13(10)24-2)21(6-4-3-5-16)14(23)15(18,19)20/h7-8H,3-6H2,1-2H3. The largest absolute Gasteiger partial charge is 0.496 e. The zero-order valence-corrected chi connectivity index (χ0v) is 15.4. The number of hydrogen-bond donors (Lipinski definition) is 0. The number of unbranched alkanes of at least 4 members (excludes halogenated alkanes) is 1. The minimum Gasteiger partial charge on any atom is -0.496 e. The van der Waals surface area contributed by atoms with Crippen LogP contribution >= 0.6 is 27.5 Å². The van der Waals surface area contributed by atoms with Crippen molar-refractivity contribution in [3.63, 3.8) is 0 Å². The molecule has 0 N–H and O–H groups in total. The number of hydrogen-bond acceptors (Lipinski definition) is 3. The molecule has 0 saturated heterocycles. The Kier molecular flexibility index (Phi) is 7.54. The van der Waals surface area contributed by atoms with Crippen LogP contribution in [0.4, 0.5) is 18.9 Å². The Labute approximate surface area is 151 Å². The summed E-state index contributed by atoms with van der Waals surface area (Å²) in [5, 5.41) is 0.471. The van der Waals surface area contributed by atoms with Crippen LogP contribution in [-0.2, 0) is 4.79 Å². The molecule has 0 fully saturated rings. The van der Waals surface area contributed by atoms with E-state index in [0.29, 0.717) is 23.1 Å². The lowest BCUT2D eigenvalue weighted by Crippen LogP contribution is -2.42. The molecule has 0 heterocycles. The summed E-state index contributed by atoms with van der Waals surface area (Å²) < 4.78 is 43.7. The van der Waals surface area contributed by atoms with Crippen molar-refractivity contribution in [2.75, 3.05) is 23.9 Å². The second-order valence-electron chi connectivity index (χ2n) is 4.91. The Morgan fingerprint density at radius 3 is 2.38 bits per heavy atom. The molecule has 4 nitrogen and oxygen atoms in total. The number of amides is 1. The molecule has 0 aliphatic rings. The number of carbonyl (C=O) groups excluding carboxylic acids is 2. The van der Waals surface area contributed by atoms with Gasteiger partial charge in [0.2, 0.25) is 0 Å². The summed E-state index contributed by atoms with van der Waals surface area (Å²) >= 11 is 9.21. The summed E-state index contributed by atoms with van der Waals surface area (Å²) in [5.74, 6) is -2.31. The molecular weight excluding hydrogens is 415 g/mol. The molecule has 0 aromatic heterocycles. The Morgan fingerprint density at radius 2 is 1.92 bits per heavy atom. The SMILES string of the molecule is COc1cc(N(CCCCBr)C(=O)C(F)(F)F)c(Cl)cc1C(C)=O. The first kappa shape index (κ1) is 20.8. The molecule has 0 aliphatic carbocycles. The molecule has 0 spiro atoms. The number of methoxy groups -OCH3 is 1. The van der Waals surface area contributed by atoms with Crippen molar-refractivity contribution in [3.05, 3.63) is 22.7 Å². The van der Waals surface area contributed by atoms with Gasteiger partial charge in [0.25, 0.3) is 0 Å². The normalized spacial score (nSPS) is 11.3. The van der Waals surface area contributed by atoms with Gasteiger partial charge in [-0.25, -0.2) is 0 Å². The fourth-order valence-electron chi connectivity index (χ4n) is 2.04. The van der Waals surface area contributed by atoms with Gasteiger partial charge in [-0.2, -0.15) is 13.2 Å². The lowest BCUT2D eigenvalue weighted by Gasteiger charge is -2.25. The maximum absolute atomic E-state index is 12.9. The number of anilines is 1. The van der Waals surface area contributed by atoms with Gasteiger partial charge >= 0.3 is 12.1 Å². The second kappa shape index (κ2) is 8.71. The Morgan fingerprint density at radius 1 is 1.29 bits per heavy atom. The van der Waals surface area contributed by atoms with Gasteiger partial charge in [-0.05, 0) is 25.8 Å². The van der Waals surface area contributed by atoms with Crippen molar-refractivity contribution >= 4 is 44.9 Å². The van der Waals surface area contributed by atoms with Crippen LogP contribution in [0.1, 0.15) is 30.1 Å². The van der Waals surface area contributed by atoms with Gasteiger partial charge in [0.15, 0.2) is 5.78 Å². The van der Waals surface area contributed by atoms with Crippen LogP contribution in [0.2, 0.25) is 5.02 Å². The van der Waals surface area contributed by atoms with E-state index >= 15 is 0 Å². The Hall–Kier alpha value is -1.28. The molecule has 0 saturated carbocycles. The highest BCUT2D eigenvalue weighted by molar-refractivity contribution is 9.09. The molecule has 1 aromatic carbocycles. The van der Waals surface area contributed by atoms with Crippen LogP contribution in [0, 0.1) is 0 Å². The average molecular weight is 431 g/mol. The summed E-state index contributed by atoms with van der Waals surface area (Å²) in [6.07, 6.45) is -4.10.